The van der Waals surface area contributed by atoms with E-state index in [-0.39, 0.29) is 12.0 Å². The zero-order chi connectivity index (χ0) is 10.9. The van der Waals surface area contributed by atoms with Gasteiger partial charge in [0.05, 0.1) is 12.5 Å². The lowest BCUT2D eigenvalue weighted by atomic mass is 10.1. The fraction of sp³-hybridized carbons (Fsp3) is 0.375. The molecule has 0 bridgehead atoms. The van der Waals surface area contributed by atoms with E-state index >= 15 is 0 Å². The molecule has 0 radical (unpaired) electrons. The lowest BCUT2D eigenvalue weighted by molar-refractivity contribution is -0.121. The zero-order valence-corrected chi connectivity index (χ0v) is 7.53. The lowest BCUT2D eigenvalue weighted by Crippen LogP contribution is -2.33. The minimum atomic E-state index is -0.862. The van der Waals surface area contributed by atoms with Gasteiger partial charge in [-0.3, -0.25) is 14.4 Å². The third kappa shape index (κ3) is 1.73. The number of aliphatic hydroxyl groups is 1. The Morgan fingerprint density at radius 3 is 2.50 bits per heavy atom. The summed E-state index contributed by atoms with van der Waals surface area (Å²) in [5.41, 5.74) is 4.60. The van der Waals surface area contributed by atoms with E-state index in [4.69, 9.17) is 5.73 Å². The molecule has 1 heterocycles. The Hall–Kier alpha value is -1.85. The van der Waals surface area contributed by atoms with E-state index in [2.05, 4.69) is 5.32 Å². The maximum absolute atomic E-state index is 11.1. The van der Waals surface area contributed by atoms with Gasteiger partial charge >= 0.3 is 0 Å². The highest BCUT2D eigenvalue weighted by Gasteiger charge is 2.34. The van der Waals surface area contributed by atoms with Crippen LogP contribution in [-0.2, 0) is 14.4 Å². The van der Waals surface area contributed by atoms with Crippen LogP contribution in [0.4, 0.5) is 0 Å². The molecular weight excluding hydrogens is 188 g/mol. The van der Waals surface area contributed by atoms with Crippen molar-refractivity contribution in [2.24, 2.45) is 5.73 Å². The average Bonchev–Trinajstić information content (AvgIpc) is 2.25. The molecule has 1 unspecified atom stereocenters. The first-order chi connectivity index (χ1) is 6.43. The fourth-order valence-corrected chi connectivity index (χ4v) is 1.28. The number of rotatable bonds is 3. The van der Waals surface area contributed by atoms with E-state index in [0.29, 0.717) is 0 Å². The third-order valence-electron chi connectivity index (χ3n) is 1.88. The van der Waals surface area contributed by atoms with Crippen molar-refractivity contribution in [1.82, 2.24) is 5.32 Å². The summed E-state index contributed by atoms with van der Waals surface area (Å²) in [4.78, 5) is 32.6. The molecule has 1 aliphatic heterocycles. The van der Waals surface area contributed by atoms with Gasteiger partial charge in [0, 0.05) is 0 Å². The van der Waals surface area contributed by atoms with Gasteiger partial charge in [-0.2, -0.15) is 0 Å². The molecule has 2 amide bonds. The number of amides is 2. The minimum Gasteiger partial charge on any atom is -0.509 e. The van der Waals surface area contributed by atoms with Crippen molar-refractivity contribution in [3.63, 3.8) is 0 Å². The Kier molecular flexibility index (Phi) is 2.55. The maximum atomic E-state index is 11.1. The lowest BCUT2D eigenvalue weighted by Gasteiger charge is -2.07. The summed E-state index contributed by atoms with van der Waals surface area (Å²) in [5, 5.41) is 11.7. The summed E-state index contributed by atoms with van der Waals surface area (Å²) in [5.74, 6) is -2.26. The van der Waals surface area contributed by atoms with Gasteiger partial charge in [0.15, 0.2) is 5.78 Å². The predicted molar refractivity (Wildman–Crippen MR) is 46.1 cm³/mol. The van der Waals surface area contributed by atoms with E-state index in [1.807, 2.05) is 0 Å². The molecule has 14 heavy (non-hydrogen) atoms. The summed E-state index contributed by atoms with van der Waals surface area (Å²) in [7, 11) is 0. The highest BCUT2D eigenvalue weighted by Crippen LogP contribution is 2.17. The first-order valence-electron chi connectivity index (χ1n) is 3.96. The van der Waals surface area contributed by atoms with Crippen LogP contribution in [-0.4, -0.2) is 28.7 Å². The van der Waals surface area contributed by atoms with Crippen LogP contribution < -0.4 is 11.1 Å². The number of hydrogen-bond donors (Lipinski definition) is 3. The maximum Gasteiger partial charge on any atom is 0.259 e. The number of carbonyl (C=O) groups is 3. The summed E-state index contributed by atoms with van der Waals surface area (Å²) in [6, 6.07) is -0.862. The first kappa shape index (κ1) is 10.2. The van der Waals surface area contributed by atoms with Gasteiger partial charge in [0.2, 0.25) is 5.91 Å². The number of carbonyl (C=O) groups excluding carboxylic acids is 3. The molecule has 1 rings (SSSR count). The Morgan fingerprint density at radius 1 is 1.57 bits per heavy atom. The standard InChI is InChI=1S/C8H10N2O4/c1-3(11)6-7(13)4(2-5(9)12)10-8(6)14/h4,13H,2H2,1H3,(H2,9,12)(H,10,14). The van der Waals surface area contributed by atoms with Gasteiger partial charge in [-0.05, 0) is 6.92 Å². The highest BCUT2D eigenvalue weighted by atomic mass is 16.3. The van der Waals surface area contributed by atoms with E-state index in [9.17, 15) is 19.5 Å². The van der Waals surface area contributed by atoms with E-state index in [0.717, 1.165) is 6.92 Å². The molecule has 0 aromatic carbocycles. The van der Waals surface area contributed by atoms with Crippen LogP contribution in [0.2, 0.25) is 0 Å². The van der Waals surface area contributed by atoms with Gasteiger partial charge in [0.1, 0.15) is 11.3 Å². The van der Waals surface area contributed by atoms with E-state index in [1.165, 1.54) is 0 Å². The Labute approximate surface area is 79.8 Å². The van der Waals surface area contributed by atoms with Crippen molar-refractivity contribution in [2.45, 2.75) is 19.4 Å². The molecule has 0 aliphatic carbocycles. The normalized spacial score (nSPS) is 20.9. The Morgan fingerprint density at radius 2 is 2.14 bits per heavy atom. The summed E-state index contributed by atoms with van der Waals surface area (Å²) in [6.45, 7) is 1.16. The quantitative estimate of drug-likeness (QED) is 0.493. The summed E-state index contributed by atoms with van der Waals surface area (Å²) < 4.78 is 0. The van der Waals surface area contributed by atoms with E-state index < -0.39 is 29.4 Å². The highest BCUT2D eigenvalue weighted by molar-refractivity contribution is 6.20. The van der Waals surface area contributed by atoms with Crippen molar-refractivity contribution in [1.29, 1.82) is 0 Å². The number of hydrogen-bond acceptors (Lipinski definition) is 4. The van der Waals surface area contributed by atoms with Crippen molar-refractivity contribution in [3.8, 4) is 0 Å². The second-order valence-corrected chi connectivity index (χ2v) is 3.01. The predicted octanol–water partition coefficient (Wildman–Crippen LogP) is -1.24. The Bertz CT molecular complexity index is 345. The zero-order valence-electron chi connectivity index (χ0n) is 7.53. The number of primary amides is 1. The molecule has 1 atom stereocenters. The first-order valence-corrected chi connectivity index (χ1v) is 3.96. The Balaban J connectivity index is 2.93. The van der Waals surface area contributed by atoms with Crippen LogP contribution in [0.15, 0.2) is 11.3 Å². The van der Waals surface area contributed by atoms with Crippen LogP contribution in [0.25, 0.3) is 0 Å². The van der Waals surface area contributed by atoms with Crippen LogP contribution in [0.5, 0.6) is 0 Å². The molecule has 0 fully saturated rings. The van der Waals surface area contributed by atoms with Crippen molar-refractivity contribution in [2.75, 3.05) is 0 Å². The number of ketones is 1. The summed E-state index contributed by atoms with van der Waals surface area (Å²) >= 11 is 0. The molecule has 6 nitrogen and oxygen atoms in total. The SMILES string of the molecule is CC(=O)C1=C(O)C(CC(N)=O)NC1=O. The number of aliphatic hydroxyl groups excluding tert-OH is 1. The average molecular weight is 198 g/mol. The van der Waals surface area contributed by atoms with Gasteiger partial charge in [0.25, 0.3) is 5.91 Å². The van der Waals surface area contributed by atoms with Gasteiger partial charge < -0.3 is 16.2 Å². The van der Waals surface area contributed by atoms with Gasteiger partial charge in [-0.15, -0.1) is 0 Å². The van der Waals surface area contributed by atoms with Crippen molar-refractivity contribution < 1.29 is 19.5 Å². The molecule has 4 N–H and O–H groups in total. The molecule has 0 saturated heterocycles. The molecule has 0 spiro atoms. The number of nitrogens with two attached hydrogens (primary N) is 1. The molecule has 0 aromatic rings. The summed E-state index contributed by atoms with van der Waals surface area (Å²) in [6.07, 6.45) is -0.214. The van der Waals surface area contributed by atoms with Crippen LogP contribution >= 0.6 is 0 Å². The van der Waals surface area contributed by atoms with Crippen molar-refractivity contribution in [3.05, 3.63) is 11.3 Å². The van der Waals surface area contributed by atoms with Crippen molar-refractivity contribution >= 4 is 17.6 Å². The largest absolute Gasteiger partial charge is 0.509 e. The number of Topliss-reactive ketones (excluding diaryl/α,β-unsaturated/α-hetero) is 1. The van der Waals surface area contributed by atoms with Gasteiger partial charge in [-0.1, -0.05) is 0 Å². The monoisotopic (exact) mass is 198 g/mol. The second kappa shape index (κ2) is 3.49. The smallest absolute Gasteiger partial charge is 0.259 e. The molecule has 0 aromatic heterocycles. The molecule has 0 saturated carbocycles. The fourth-order valence-electron chi connectivity index (χ4n) is 1.28. The van der Waals surface area contributed by atoms with E-state index in [1.54, 1.807) is 0 Å². The second-order valence-electron chi connectivity index (χ2n) is 3.01. The number of nitrogens with one attached hydrogen (secondary N) is 1. The van der Waals surface area contributed by atoms with Crippen LogP contribution in [0, 0.1) is 0 Å². The van der Waals surface area contributed by atoms with Gasteiger partial charge in [-0.25, -0.2) is 0 Å². The van der Waals surface area contributed by atoms with Crippen LogP contribution in [0.3, 0.4) is 0 Å². The molecule has 1 aliphatic rings. The molecule has 76 valence electrons. The third-order valence-corrected chi connectivity index (χ3v) is 1.88. The minimum absolute atomic E-state index is 0.214. The molecule has 6 heteroatoms. The topological polar surface area (TPSA) is 109 Å². The molecular formula is C8H10N2O4. The van der Waals surface area contributed by atoms with Crippen LogP contribution in [0.1, 0.15) is 13.3 Å².